The number of aliphatic carboxylic acids is 1. The standard InChI is InChI=1S/C17H14O4/c1-17(2)7-6-9-8-12(18)14(15(19)16(20)21)10-4-3-5-11(17)13(9)10/h3-8,18H,1-2H3,(H,20,21). The van der Waals surface area contributed by atoms with Crippen LogP contribution >= 0.6 is 0 Å². The van der Waals surface area contributed by atoms with Crippen molar-refractivity contribution >= 4 is 28.6 Å². The predicted molar refractivity (Wildman–Crippen MR) is 79.6 cm³/mol. The van der Waals surface area contributed by atoms with Crippen LogP contribution in [0, 0.1) is 0 Å². The summed E-state index contributed by atoms with van der Waals surface area (Å²) in [5, 5.41) is 20.3. The number of phenols is 1. The van der Waals surface area contributed by atoms with E-state index in [0.29, 0.717) is 5.39 Å². The van der Waals surface area contributed by atoms with Gasteiger partial charge < -0.3 is 10.2 Å². The number of hydrogen-bond donors (Lipinski definition) is 2. The van der Waals surface area contributed by atoms with Crippen LogP contribution in [0.1, 0.15) is 35.3 Å². The maximum atomic E-state index is 11.9. The summed E-state index contributed by atoms with van der Waals surface area (Å²) in [5.74, 6) is -2.97. The Hall–Kier alpha value is -2.62. The van der Waals surface area contributed by atoms with Crippen molar-refractivity contribution in [3.63, 3.8) is 0 Å². The highest BCUT2D eigenvalue weighted by molar-refractivity contribution is 6.43. The first kappa shape index (κ1) is 13.4. The smallest absolute Gasteiger partial charge is 0.377 e. The molecule has 0 aliphatic heterocycles. The molecule has 21 heavy (non-hydrogen) atoms. The number of ketones is 1. The highest BCUT2D eigenvalue weighted by Crippen LogP contribution is 2.42. The lowest BCUT2D eigenvalue weighted by molar-refractivity contribution is -0.131. The van der Waals surface area contributed by atoms with E-state index in [1.807, 2.05) is 32.1 Å². The number of carboxylic acid groups (broad SMARTS) is 1. The van der Waals surface area contributed by atoms with Gasteiger partial charge in [-0.3, -0.25) is 4.79 Å². The molecule has 106 valence electrons. The number of hydrogen-bond acceptors (Lipinski definition) is 3. The highest BCUT2D eigenvalue weighted by Gasteiger charge is 2.29. The second-order valence-corrected chi connectivity index (χ2v) is 5.78. The quantitative estimate of drug-likeness (QED) is 0.655. The Morgan fingerprint density at radius 1 is 1.19 bits per heavy atom. The lowest BCUT2D eigenvalue weighted by Crippen LogP contribution is -2.18. The molecule has 0 aromatic heterocycles. The third-order valence-electron chi connectivity index (χ3n) is 3.97. The summed E-state index contributed by atoms with van der Waals surface area (Å²) < 4.78 is 0. The highest BCUT2D eigenvalue weighted by atomic mass is 16.4. The fourth-order valence-electron chi connectivity index (χ4n) is 2.90. The van der Waals surface area contributed by atoms with Gasteiger partial charge in [0.25, 0.3) is 5.78 Å². The van der Waals surface area contributed by atoms with Gasteiger partial charge >= 0.3 is 5.97 Å². The zero-order valence-corrected chi connectivity index (χ0v) is 11.7. The number of carboxylic acids is 1. The van der Waals surface area contributed by atoms with Gasteiger partial charge in [-0.2, -0.15) is 0 Å². The monoisotopic (exact) mass is 282 g/mol. The van der Waals surface area contributed by atoms with Crippen LogP contribution in [0.4, 0.5) is 0 Å². The normalized spacial score (nSPS) is 15.1. The molecule has 4 heteroatoms. The van der Waals surface area contributed by atoms with Gasteiger partial charge in [-0.15, -0.1) is 0 Å². The van der Waals surface area contributed by atoms with Crippen molar-refractivity contribution in [2.45, 2.75) is 19.3 Å². The molecule has 0 saturated heterocycles. The van der Waals surface area contributed by atoms with Crippen molar-refractivity contribution in [1.82, 2.24) is 0 Å². The first-order valence-corrected chi connectivity index (χ1v) is 6.59. The molecule has 0 amide bonds. The number of phenolic OH excluding ortho intramolecular Hbond substituents is 1. The lowest BCUT2D eigenvalue weighted by atomic mass is 9.76. The molecule has 2 N–H and O–H groups in total. The Kier molecular flexibility index (Phi) is 2.66. The Morgan fingerprint density at radius 2 is 1.90 bits per heavy atom. The topological polar surface area (TPSA) is 74.6 Å². The van der Waals surface area contributed by atoms with Crippen molar-refractivity contribution in [1.29, 1.82) is 0 Å². The van der Waals surface area contributed by atoms with Crippen molar-refractivity contribution in [2.75, 3.05) is 0 Å². The van der Waals surface area contributed by atoms with Crippen LogP contribution in [0.3, 0.4) is 0 Å². The maximum Gasteiger partial charge on any atom is 0.377 e. The summed E-state index contributed by atoms with van der Waals surface area (Å²) in [6.07, 6.45) is 3.92. The second kappa shape index (κ2) is 4.19. The number of carbonyl (C=O) groups is 2. The van der Waals surface area contributed by atoms with Gasteiger partial charge in [0.15, 0.2) is 0 Å². The molecule has 3 rings (SSSR count). The molecule has 0 radical (unpaired) electrons. The number of Topliss-reactive ketones (excluding diaryl/α,β-unsaturated/α-hetero) is 1. The van der Waals surface area contributed by atoms with E-state index >= 15 is 0 Å². The molecule has 0 fully saturated rings. The van der Waals surface area contributed by atoms with Gasteiger partial charge in [-0.25, -0.2) is 4.79 Å². The molecule has 1 aliphatic rings. The van der Waals surface area contributed by atoms with Crippen molar-refractivity contribution in [2.24, 2.45) is 0 Å². The minimum atomic E-state index is -1.57. The number of benzene rings is 2. The van der Waals surface area contributed by atoms with E-state index in [1.165, 1.54) is 6.07 Å². The van der Waals surface area contributed by atoms with Gasteiger partial charge in [0.05, 0.1) is 5.56 Å². The lowest BCUT2D eigenvalue weighted by Gasteiger charge is -2.28. The van der Waals surface area contributed by atoms with Crippen LogP contribution < -0.4 is 0 Å². The number of carbonyl (C=O) groups excluding carboxylic acids is 1. The van der Waals surface area contributed by atoms with E-state index in [0.717, 1.165) is 16.5 Å². The van der Waals surface area contributed by atoms with E-state index in [2.05, 4.69) is 0 Å². The van der Waals surface area contributed by atoms with Crippen molar-refractivity contribution in [3.8, 4) is 5.75 Å². The molecule has 0 saturated carbocycles. The number of allylic oxidation sites excluding steroid dienone is 1. The Bertz CT molecular complexity index is 828. The summed E-state index contributed by atoms with van der Waals surface area (Å²) in [6, 6.07) is 6.86. The molecular weight excluding hydrogens is 268 g/mol. The number of aromatic hydroxyl groups is 1. The van der Waals surface area contributed by atoms with Crippen LogP contribution in [-0.2, 0) is 10.2 Å². The van der Waals surface area contributed by atoms with Gasteiger partial charge in [-0.1, -0.05) is 44.2 Å². The minimum Gasteiger partial charge on any atom is -0.507 e. The summed E-state index contributed by atoms with van der Waals surface area (Å²) >= 11 is 0. The van der Waals surface area contributed by atoms with Crippen LogP contribution in [0.2, 0.25) is 0 Å². The largest absolute Gasteiger partial charge is 0.507 e. The zero-order valence-electron chi connectivity index (χ0n) is 11.7. The molecule has 0 heterocycles. The van der Waals surface area contributed by atoms with E-state index in [-0.39, 0.29) is 16.7 Å². The first-order chi connectivity index (χ1) is 9.83. The van der Waals surface area contributed by atoms with E-state index in [4.69, 9.17) is 5.11 Å². The van der Waals surface area contributed by atoms with E-state index in [9.17, 15) is 14.7 Å². The maximum absolute atomic E-state index is 11.9. The molecule has 0 atom stereocenters. The van der Waals surface area contributed by atoms with Gasteiger partial charge in [0, 0.05) is 5.41 Å². The van der Waals surface area contributed by atoms with Crippen molar-refractivity contribution < 1.29 is 19.8 Å². The van der Waals surface area contributed by atoms with Crippen molar-refractivity contribution in [3.05, 3.63) is 47.0 Å². The molecule has 0 bridgehead atoms. The Labute approximate surface area is 121 Å². The molecule has 0 unspecified atom stereocenters. The van der Waals surface area contributed by atoms with Crippen LogP contribution in [-0.4, -0.2) is 22.0 Å². The summed E-state index contributed by atoms with van der Waals surface area (Å²) in [7, 11) is 0. The van der Waals surface area contributed by atoms with E-state index in [1.54, 1.807) is 12.1 Å². The van der Waals surface area contributed by atoms with Gasteiger partial charge in [0.1, 0.15) is 5.75 Å². The SMILES string of the molecule is CC1(C)C=Cc2cc(O)c(C(=O)C(=O)O)c3cccc1c23. The summed E-state index contributed by atoms with van der Waals surface area (Å²) in [5.41, 5.74) is 1.44. The fourth-order valence-corrected chi connectivity index (χ4v) is 2.90. The molecule has 1 aliphatic carbocycles. The summed E-state index contributed by atoms with van der Waals surface area (Å²) in [4.78, 5) is 22.9. The molecule has 0 spiro atoms. The average Bonchev–Trinajstić information content (AvgIpc) is 2.42. The zero-order chi connectivity index (χ0) is 15.4. The van der Waals surface area contributed by atoms with Gasteiger partial charge in [0.2, 0.25) is 0 Å². The van der Waals surface area contributed by atoms with Gasteiger partial charge in [-0.05, 0) is 28.0 Å². The second-order valence-electron chi connectivity index (χ2n) is 5.78. The minimum absolute atomic E-state index is 0.144. The van der Waals surface area contributed by atoms with Crippen LogP contribution in [0.15, 0.2) is 30.3 Å². The molecule has 4 nitrogen and oxygen atoms in total. The Balaban J connectivity index is 2.48. The first-order valence-electron chi connectivity index (χ1n) is 6.59. The van der Waals surface area contributed by atoms with Crippen LogP contribution in [0.25, 0.3) is 16.8 Å². The summed E-state index contributed by atoms with van der Waals surface area (Å²) in [6.45, 7) is 4.10. The predicted octanol–water partition coefficient (Wildman–Crippen LogP) is 3.12. The molecular formula is C17H14O4. The molecule has 2 aromatic carbocycles. The fraction of sp³-hybridized carbons (Fsp3) is 0.176. The molecule has 2 aromatic rings. The van der Waals surface area contributed by atoms with E-state index < -0.39 is 11.8 Å². The Morgan fingerprint density at radius 3 is 2.57 bits per heavy atom. The third kappa shape index (κ3) is 1.83. The number of rotatable bonds is 2. The van der Waals surface area contributed by atoms with Crippen LogP contribution in [0.5, 0.6) is 5.75 Å². The average molecular weight is 282 g/mol. The third-order valence-corrected chi connectivity index (χ3v) is 3.97.